The predicted octanol–water partition coefficient (Wildman–Crippen LogP) is 9.49. The number of hydrogen-bond donors (Lipinski definition) is 0. The number of ether oxygens (including phenoxy) is 1. The van der Waals surface area contributed by atoms with Gasteiger partial charge in [-0.2, -0.15) is 10.5 Å². The van der Waals surface area contributed by atoms with E-state index >= 15 is 0 Å². The van der Waals surface area contributed by atoms with Gasteiger partial charge < -0.3 is 4.74 Å². The fourth-order valence-corrected chi connectivity index (χ4v) is 8.06. The highest BCUT2D eigenvalue weighted by atomic mass is 32.1. The summed E-state index contributed by atoms with van der Waals surface area (Å²) in [4.78, 5) is 10.3. The average molecular weight is 721 g/mol. The second-order valence-corrected chi connectivity index (χ2v) is 15.7. The van der Waals surface area contributed by atoms with Crippen LogP contribution in [-0.2, 0) is 0 Å². The molecule has 0 aromatic carbocycles. The van der Waals surface area contributed by atoms with Crippen LogP contribution < -0.4 is 4.74 Å². The van der Waals surface area contributed by atoms with Crippen molar-refractivity contribution in [2.75, 3.05) is 7.11 Å². The fraction of sp³-hybridized carbons (Fsp3) is 0.0256. The van der Waals surface area contributed by atoms with Crippen molar-refractivity contribution < 1.29 is 4.74 Å². The Kier molecular flexibility index (Phi) is 10.7. The molecule has 6 aromatic heterocycles. The number of allylic oxidation sites excluding steroid dienone is 1. The number of nitriles is 2. The molecule has 6 aromatic rings. The minimum absolute atomic E-state index is 0.0738. The number of hydrogen-bond acceptors (Lipinski definition) is 9. The van der Waals surface area contributed by atoms with Gasteiger partial charge >= 0.3 is 0 Å². The molecule has 0 amide bonds. The summed E-state index contributed by atoms with van der Waals surface area (Å²) < 4.78 is 5.22. The van der Waals surface area contributed by atoms with Crippen molar-refractivity contribution in [3.05, 3.63) is 132 Å². The topological polar surface area (TPSA) is 56.8 Å². The lowest BCUT2D eigenvalue weighted by atomic mass is 10.3. The summed E-state index contributed by atoms with van der Waals surface area (Å²) in [6.45, 7) is 0. The van der Waals surface area contributed by atoms with Crippen LogP contribution in [0.25, 0.3) is 6.08 Å². The van der Waals surface area contributed by atoms with Gasteiger partial charge in [-0.15, -0.1) is 56.7 Å². The molecule has 6 rings (SSSR count). The number of rotatable bonds is 2. The average Bonchev–Trinajstić information content (AvgIpc) is 3.96. The van der Waals surface area contributed by atoms with Crippen LogP contribution in [0.15, 0.2) is 78.4 Å². The molecular formula is C39H16N2OS6. The van der Waals surface area contributed by atoms with Gasteiger partial charge in [0.2, 0.25) is 0 Å². The first-order chi connectivity index (χ1) is 23.5. The summed E-state index contributed by atoms with van der Waals surface area (Å²) in [5.41, 5.74) is 0.0738. The molecule has 0 unspecified atom stereocenters. The molecule has 0 bridgehead atoms. The van der Waals surface area contributed by atoms with Gasteiger partial charge in [0.1, 0.15) is 17.7 Å². The van der Waals surface area contributed by atoms with Crippen LogP contribution >= 0.6 is 68.0 Å². The van der Waals surface area contributed by atoms with E-state index in [-0.39, 0.29) is 5.57 Å². The Balaban J connectivity index is 1.04. The third-order valence-corrected chi connectivity index (χ3v) is 11.5. The van der Waals surface area contributed by atoms with Crippen molar-refractivity contribution in [3.8, 4) is 76.4 Å². The van der Waals surface area contributed by atoms with Gasteiger partial charge in [0.05, 0.1) is 55.9 Å². The maximum atomic E-state index is 8.93. The van der Waals surface area contributed by atoms with E-state index in [0.29, 0.717) is 0 Å². The second kappa shape index (κ2) is 15.9. The molecule has 0 N–H and O–H groups in total. The summed E-state index contributed by atoms with van der Waals surface area (Å²) >= 11 is 9.22. The lowest BCUT2D eigenvalue weighted by Gasteiger charge is -1.87. The van der Waals surface area contributed by atoms with Crippen molar-refractivity contribution >= 4 is 74.1 Å². The van der Waals surface area contributed by atoms with Crippen LogP contribution in [0.2, 0.25) is 0 Å². The van der Waals surface area contributed by atoms with Crippen LogP contribution in [0.1, 0.15) is 53.6 Å². The monoisotopic (exact) mass is 720 g/mol. The zero-order valence-corrected chi connectivity index (χ0v) is 29.7. The van der Waals surface area contributed by atoms with Gasteiger partial charge in [0.15, 0.2) is 5.06 Å². The zero-order valence-electron chi connectivity index (χ0n) is 24.8. The lowest BCUT2D eigenvalue weighted by molar-refractivity contribution is 0.427. The highest BCUT2D eigenvalue weighted by Crippen LogP contribution is 2.24. The SMILES string of the molecule is COc1ccc(C#Cc2ccc(C#Cc3ccc(C#Cc4ccc(C#Cc5ccc(C#Cc6ccc(C=C(C#N)C#N)s6)s5)s4)s3)s2)s1. The first-order valence-electron chi connectivity index (χ1n) is 13.8. The maximum Gasteiger partial charge on any atom is 0.174 e. The molecule has 9 heteroatoms. The molecule has 0 aliphatic heterocycles. The molecule has 6 heterocycles. The smallest absolute Gasteiger partial charge is 0.174 e. The van der Waals surface area contributed by atoms with E-state index in [1.165, 1.54) is 34.0 Å². The fourth-order valence-electron chi connectivity index (χ4n) is 3.73. The van der Waals surface area contributed by atoms with Crippen molar-refractivity contribution in [2.45, 2.75) is 0 Å². The van der Waals surface area contributed by atoms with E-state index in [2.05, 4.69) is 59.2 Å². The molecule has 0 saturated carbocycles. The van der Waals surface area contributed by atoms with Crippen LogP contribution in [0, 0.1) is 81.9 Å². The van der Waals surface area contributed by atoms with E-state index in [0.717, 1.165) is 58.7 Å². The summed E-state index contributed by atoms with van der Waals surface area (Å²) in [6, 6.07) is 27.3. The highest BCUT2D eigenvalue weighted by molar-refractivity contribution is 7.15. The first kappa shape index (κ1) is 32.5. The Morgan fingerprint density at radius 2 is 0.729 bits per heavy atom. The van der Waals surface area contributed by atoms with Crippen molar-refractivity contribution in [1.29, 1.82) is 10.5 Å². The summed E-state index contributed by atoms with van der Waals surface area (Å²) in [7, 11) is 1.66. The number of nitrogens with zero attached hydrogens (tertiary/aromatic N) is 2. The molecule has 0 spiro atoms. The van der Waals surface area contributed by atoms with Crippen molar-refractivity contribution in [2.24, 2.45) is 0 Å². The third-order valence-electron chi connectivity index (χ3n) is 5.91. The van der Waals surface area contributed by atoms with Gasteiger partial charge in [-0.05, 0) is 138 Å². The summed E-state index contributed by atoms with van der Waals surface area (Å²) in [5.74, 6) is 32.2. The van der Waals surface area contributed by atoms with Crippen molar-refractivity contribution in [1.82, 2.24) is 0 Å². The van der Waals surface area contributed by atoms with E-state index < -0.39 is 0 Å². The molecule has 0 aliphatic rings. The predicted molar refractivity (Wildman–Crippen MR) is 202 cm³/mol. The molecule has 3 nitrogen and oxygen atoms in total. The zero-order chi connectivity index (χ0) is 33.1. The van der Waals surface area contributed by atoms with Gasteiger partial charge in [-0.3, -0.25) is 0 Å². The van der Waals surface area contributed by atoms with Gasteiger partial charge in [-0.1, -0.05) is 11.3 Å². The van der Waals surface area contributed by atoms with Crippen LogP contribution in [0.3, 0.4) is 0 Å². The standard InChI is InChI=1S/C39H16N2OS6/c1-42-39-23-22-37(48-39)19-18-35-15-14-33(46-35)11-10-31-7-6-29(44-31)3-2-28-4-5-30(43-28)8-9-32-12-13-34(45-32)16-17-36-20-21-38(47-36)24-27(25-40)26-41/h4-7,12-15,20-24H,1H3. The quantitative estimate of drug-likeness (QED) is 0.132. The normalized spacial score (nSPS) is 9.31. The molecule has 0 aliphatic carbocycles. The summed E-state index contributed by atoms with van der Waals surface area (Å²) in [6.07, 6.45) is 1.57. The number of methoxy groups -OCH3 is 1. The van der Waals surface area contributed by atoms with E-state index in [1.54, 1.807) is 47.2 Å². The highest BCUT2D eigenvalue weighted by Gasteiger charge is 2.01. The minimum Gasteiger partial charge on any atom is -0.487 e. The van der Waals surface area contributed by atoms with Gasteiger partial charge in [0.25, 0.3) is 0 Å². The van der Waals surface area contributed by atoms with Crippen LogP contribution in [0.5, 0.6) is 5.06 Å². The molecule has 0 radical (unpaired) electrons. The molecule has 224 valence electrons. The van der Waals surface area contributed by atoms with E-state index in [9.17, 15) is 0 Å². The molecule has 0 atom stereocenters. The maximum absolute atomic E-state index is 8.93. The Labute approximate surface area is 302 Å². The number of thiophene rings is 6. The minimum atomic E-state index is 0.0738. The van der Waals surface area contributed by atoms with Crippen molar-refractivity contribution in [3.63, 3.8) is 0 Å². The molecular weight excluding hydrogens is 705 g/mol. The third kappa shape index (κ3) is 9.07. The Hall–Kier alpha value is -5.48. The summed E-state index contributed by atoms with van der Waals surface area (Å²) in [5, 5.41) is 18.7. The first-order valence-corrected chi connectivity index (χ1v) is 18.7. The molecule has 0 saturated heterocycles. The largest absolute Gasteiger partial charge is 0.487 e. The Bertz CT molecular complexity index is 2560. The van der Waals surface area contributed by atoms with Gasteiger partial charge in [0, 0.05) is 4.88 Å². The molecule has 0 fully saturated rings. The van der Waals surface area contributed by atoms with Crippen LogP contribution in [-0.4, -0.2) is 7.11 Å². The van der Waals surface area contributed by atoms with E-state index in [1.807, 2.05) is 84.9 Å². The Morgan fingerprint density at radius 1 is 0.438 bits per heavy atom. The molecule has 48 heavy (non-hydrogen) atoms. The lowest BCUT2D eigenvalue weighted by Crippen LogP contribution is -1.73. The second-order valence-electron chi connectivity index (χ2n) is 9.21. The van der Waals surface area contributed by atoms with E-state index in [4.69, 9.17) is 15.3 Å². The van der Waals surface area contributed by atoms with Crippen LogP contribution in [0.4, 0.5) is 0 Å². The van der Waals surface area contributed by atoms with Gasteiger partial charge in [-0.25, -0.2) is 0 Å². The Morgan fingerprint density at radius 3 is 1.04 bits per heavy atom.